The van der Waals surface area contributed by atoms with Gasteiger partial charge in [0.25, 0.3) is 11.5 Å². The van der Waals surface area contributed by atoms with E-state index in [0.29, 0.717) is 36.6 Å². The van der Waals surface area contributed by atoms with E-state index in [-0.39, 0.29) is 16.9 Å². The molecule has 3 rings (SSSR count). The molecule has 1 aromatic carbocycles. The molecule has 0 radical (unpaired) electrons. The largest absolute Gasteiger partial charge is 0.371 e. The Kier molecular flexibility index (Phi) is 4.46. The fourth-order valence-corrected chi connectivity index (χ4v) is 2.85. The number of pyridine rings is 1. The highest BCUT2D eigenvalue weighted by molar-refractivity contribution is 6.13. The van der Waals surface area contributed by atoms with Crippen molar-refractivity contribution < 1.29 is 9.59 Å². The van der Waals surface area contributed by atoms with E-state index in [0.717, 1.165) is 6.42 Å². The van der Waals surface area contributed by atoms with E-state index >= 15 is 0 Å². The van der Waals surface area contributed by atoms with Crippen LogP contribution in [-0.4, -0.2) is 29.3 Å². The van der Waals surface area contributed by atoms with Crippen LogP contribution in [0.25, 0.3) is 0 Å². The molecule has 0 fully saturated rings. The molecule has 6 heteroatoms. The van der Waals surface area contributed by atoms with E-state index in [4.69, 9.17) is 0 Å². The van der Waals surface area contributed by atoms with E-state index in [2.05, 4.69) is 10.6 Å². The summed E-state index contributed by atoms with van der Waals surface area (Å²) in [5, 5.41) is 5.76. The number of nitrogens with zero attached hydrogens (tertiary/aromatic N) is 1. The van der Waals surface area contributed by atoms with Crippen LogP contribution in [0.2, 0.25) is 0 Å². The number of hydrogen-bond acceptors (Lipinski definition) is 4. The monoisotopic (exact) mass is 325 g/mol. The second-order valence-corrected chi connectivity index (χ2v) is 5.61. The molecule has 2 N–H and O–H groups in total. The van der Waals surface area contributed by atoms with Gasteiger partial charge in [-0.2, -0.15) is 0 Å². The third kappa shape index (κ3) is 2.82. The second-order valence-electron chi connectivity index (χ2n) is 5.61. The molecule has 1 aliphatic heterocycles. The number of anilines is 1. The number of amides is 1. The number of hydrogen-bond donors (Lipinski definition) is 2. The van der Waals surface area contributed by atoms with Crippen molar-refractivity contribution in [3.8, 4) is 0 Å². The zero-order valence-electron chi connectivity index (χ0n) is 13.5. The van der Waals surface area contributed by atoms with Gasteiger partial charge in [0.05, 0.1) is 5.56 Å². The number of carbonyl (C=O) groups excluding carboxylic acids is 2. The van der Waals surface area contributed by atoms with Crippen molar-refractivity contribution >= 4 is 17.5 Å². The number of fused-ring (bicyclic) bond motifs is 1. The maximum absolute atomic E-state index is 12.9. The van der Waals surface area contributed by atoms with Crippen molar-refractivity contribution in [2.24, 2.45) is 0 Å². The molecule has 6 nitrogen and oxygen atoms in total. The van der Waals surface area contributed by atoms with Gasteiger partial charge in [-0.3, -0.25) is 19.0 Å². The highest BCUT2D eigenvalue weighted by Gasteiger charge is 2.24. The van der Waals surface area contributed by atoms with Gasteiger partial charge in [-0.1, -0.05) is 30.3 Å². The maximum Gasteiger partial charge on any atom is 0.265 e. The summed E-state index contributed by atoms with van der Waals surface area (Å²) in [6.07, 6.45) is 0.769. The molecular weight excluding hydrogens is 306 g/mol. The summed E-state index contributed by atoms with van der Waals surface area (Å²) >= 11 is 0. The van der Waals surface area contributed by atoms with E-state index < -0.39 is 5.91 Å². The van der Waals surface area contributed by atoms with Gasteiger partial charge in [0, 0.05) is 25.2 Å². The first-order chi connectivity index (χ1) is 11.6. The van der Waals surface area contributed by atoms with Gasteiger partial charge in [-0.25, -0.2) is 0 Å². The molecule has 1 aliphatic rings. The molecule has 0 bridgehead atoms. The Morgan fingerprint density at radius 1 is 1.21 bits per heavy atom. The SMILES string of the molecule is CCNC(=O)c1cc(C(=O)c2ccccc2)c2n(c1=O)CCCN2. The Bertz CT molecular complexity index is 841. The number of carbonyl (C=O) groups is 2. The Morgan fingerprint density at radius 2 is 1.96 bits per heavy atom. The van der Waals surface area contributed by atoms with E-state index in [1.54, 1.807) is 31.2 Å². The Morgan fingerprint density at radius 3 is 2.67 bits per heavy atom. The van der Waals surface area contributed by atoms with Crippen molar-refractivity contribution in [3.05, 3.63) is 63.4 Å². The van der Waals surface area contributed by atoms with Crippen molar-refractivity contribution in [2.45, 2.75) is 19.9 Å². The predicted molar refractivity (Wildman–Crippen MR) is 91.7 cm³/mol. The number of ketones is 1. The van der Waals surface area contributed by atoms with E-state index in [1.807, 2.05) is 6.07 Å². The Hall–Kier alpha value is -2.89. The maximum atomic E-state index is 12.9. The first kappa shape index (κ1) is 16.0. The lowest BCUT2D eigenvalue weighted by Crippen LogP contribution is -2.37. The molecule has 2 aromatic rings. The molecular formula is C18H19N3O3. The van der Waals surface area contributed by atoms with Gasteiger partial charge >= 0.3 is 0 Å². The van der Waals surface area contributed by atoms with Crippen LogP contribution in [0.1, 0.15) is 39.6 Å². The van der Waals surface area contributed by atoms with Gasteiger partial charge in [-0.05, 0) is 19.4 Å². The van der Waals surface area contributed by atoms with Crippen LogP contribution < -0.4 is 16.2 Å². The van der Waals surface area contributed by atoms with Gasteiger partial charge in [0.15, 0.2) is 5.78 Å². The molecule has 1 aromatic heterocycles. The molecule has 0 saturated heterocycles. The molecule has 0 aliphatic carbocycles. The summed E-state index contributed by atoms with van der Waals surface area (Å²) in [6.45, 7) is 3.38. The number of benzene rings is 1. The summed E-state index contributed by atoms with van der Waals surface area (Å²) in [4.78, 5) is 37.7. The van der Waals surface area contributed by atoms with Crippen LogP contribution in [0, 0.1) is 0 Å². The minimum Gasteiger partial charge on any atom is -0.371 e. The predicted octanol–water partition coefficient (Wildman–Crippen LogP) is 1.64. The number of rotatable bonds is 4. The molecule has 24 heavy (non-hydrogen) atoms. The summed E-state index contributed by atoms with van der Waals surface area (Å²) in [5.41, 5.74) is 0.506. The van der Waals surface area contributed by atoms with Crippen LogP contribution in [0.5, 0.6) is 0 Å². The third-order valence-corrected chi connectivity index (χ3v) is 4.00. The summed E-state index contributed by atoms with van der Waals surface area (Å²) < 4.78 is 1.49. The lowest BCUT2D eigenvalue weighted by atomic mass is 10.0. The minimum atomic E-state index is -0.453. The third-order valence-electron chi connectivity index (χ3n) is 4.00. The molecule has 1 amide bonds. The summed E-state index contributed by atoms with van der Waals surface area (Å²) in [7, 11) is 0. The number of nitrogens with one attached hydrogen (secondary N) is 2. The molecule has 0 atom stereocenters. The molecule has 0 spiro atoms. The minimum absolute atomic E-state index is 0.00332. The average molecular weight is 325 g/mol. The molecule has 124 valence electrons. The van der Waals surface area contributed by atoms with Crippen LogP contribution in [0.3, 0.4) is 0 Å². The lowest BCUT2D eigenvalue weighted by Gasteiger charge is -2.23. The quantitative estimate of drug-likeness (QED) is 0.838. The fraction of sp³-hybridized carbons (Fsp3) is 0.278. The van der Waals surface area contributed by atoms with Gasteiger partial charge in [0.2, 0.25) is 0 Å². The first-order valence-electron chi connectivity index (χ1n) is 8.03. The van der Waals surface area contributed by atoms with E-state index in [1.165, 1.54) is 10.6 Å². The van der Waals surface area contributed by atoms with Gasteiger partial charge < -0.3 is 10.6 Å². The van der Waals surface area contributed by atoms with Crippen LogP contribution in [0.15, 0.2) is 41.2 Å². The first-order valence-corrected chi connectivity index (χ1v) is 8.03. The van der Waals surface area contributed by atoms with Crippen molar-refractivity contribution in [1.29, 1.82) is 0 Å². The van der Waals surface area contributed by atoms with Gasteiger partial charge in [0.1, 0.15) is 11.4 Å². The van der Waals surface area contributed by atoms with Crippen LogP contribution in [0.4, 0.5) is 5.82 Å². The topological polar surface area (TPSA) is 80.2 Å². The van der Waals surface area contributed by atoms with Gasteiger partial charge in [-0.15, -0.1) is 0 Å². The fourth-order valence-electron chi connectivity index (χ4n) is 2.85. The zero-order chi connectivity index (χ0) is 17.1. The normalized spacial score (nSPS) is 12.9. The second kappa shape index (κ2) is 6.70. The molecule has 0 saturated carbocycles. The highest BCUT2D eigenvalue weighted by atomic mass is 16.2. The summed E-state index contributed by atoms with van der Waals surface area (Å²) in [6, 6.07) is 10.3. The van der Waals surface area contributed by atoms with Crippen molar-refractivity contribution in [1.82, 2.24) is 9.88 Å². The summed E-state index contributed by atoms with van der Waals surface area (Å²) in [5.74, 6) is -0.169. The van der Waals surface area contributed by atoms with Crippen molar-refractivity contribution in [2.75, 3.05) is 18.4 Å². The standard InChI is InChI=1S/C18H19N3O3/c1-2-19-17(23)14-11-13(15(22)12-7-4-3-5-8-12)16-20-9-6-10-21(16)18(14)24/h3-5,7-8,11,20H,2,6,9-10H2,1H3,(H,19,23). The average Bonchev–Trinajstić information content (AvgIpc) is 2.62. The number of aromatic nitrogens is 1. The Balaban J connectivity index is 2.17. The van der Waals surface area contributed by atoms with Crippen LogP contribution in [-0.2, 0) is 6.54 Å². The van der Waals surface area contributed by atoms with Crippen molar-refractivity contribution in [3.63, 3.8) is 0 Å². The van der Waals surface area contributed by atoms with Crippen LogP contribution >= 0.6 is 0 Å². The molecule has 2 heterocycles. The molecule has 0 unspecified atom stereocenters. The zero-order valence-corrected chi connectivity index (χ0v) is 13.5. The lowest BCUT2D eigenvalue weighted by molar-refractivity contribution is 0.0953. The highest BCUT2D eigenvalue weighted by Crippen LogP contribution is 2.22. The van der Waals surface area contributed by atoms with E-state index in [9.17, 15) is 14.4 Å². The smallest absolute Gasteiger partial charge is 0.265 e. The Labute approximate surface area is 139 Å².